The summed E-state index contributed by atoms with van der Waals surface area (Å²) in [5.41, 5.74) is 2.49. The van der Waals surface area contributed by atoms with Crippen molar-refractivity contribution >= 4 is 11.6 Å². The first-order valence-corrected chi connectivity index (χ1v) is 6.89. The normalized spacial score (nSPS) is 17.1. The Labute approximate surface area is 113 Å². The molecular weight excluding hydrogens is 238 g/mol. The van der Waals surface area contributed by atoms with Crippen molar-refractivity contribution in [3.63, 3.8) is 0 Å². The number of amides is 1. The smallest absolute Gasteiger partial charge is 0.274 e. The number of carbonyl (C=O) groups excluding carboxylic acids is 1. The summed E-state index contributed by atoms with van der Waals surface area (Å²) in [6, 6.07) is 5.92. The second-order valence-electron chi connectivity index (χ2n) is 5.50. The highest BCUT2D eigenvalue weighted by molar-refractivity contribution is 5.93. The highest BCUT2D eigenvalue weighted by Gasteiger charge is 2.23. The Balaban J connectivity index is 1.87. The molecule has 0 aliphatic carbocycles. The van der Waals surface area contributed by atoms with Crippen LogP contribution in [0.2, 0.25) is 0 Å². The van der Waals surface area contributed by atoms with Crippen molar-refractivity contribution in [2.45, 2.75) is 26.7 Å². The van der Waals surface area contributed by atoms with E-state index in [-0.39, 0.29) is 5.91 Å². The zero-order valence-corrected chi connectivity index (χ0v) is 11.5. The summed E-state index contributed by atoms with van der Waals surface area (Å²) < 4.78 is 1.97. The molecule has 0 radical (unpaired) electrons. The first kappa shape index (κ1) is 12.2. The second kappa shape index (κ2) is 4.68. The predicted octanol–water partition coefficient (Wildman–Crippen LogP) is 2.51. The molecule has 0 N–H and O–H groups in total. The Morgan fingerprint density at radius 1 is 1.32 bits per heavy atom. The fourth-order valence-electron chi connectivity index (χ4n) is 2.63. The minimum atomic E-state index is 0.0648. The van der Waals surface area contributed by atoms with Gasteiger partial charge in [-0.25, -0.2) is 4.98 Å². The highest BCUT2D eigenvalue weighted by Crippen LogP contribution is 2.18. The maximum atomic E-state index is 12.4. The van der Waals surface area contributed by atoms with Crippen LogP contribution in [-0.4, -0.2) is 33.3 Å². The van der Waals surface area contributed by atoms with Crippen molar-refractivity contribution in [2.24, 2.45) is 5.92 Å². The number of pyridine rings is 1. The van der Waals surface area contributed by atoms with Crippen LogP contribution in [0.15, 0.2) is 24.4 Å². The monoisotopic (exact) mass is 257 g/mol. The van der Waals surface area contributed by atoms with Gasteiger partial charge in [0.05, 0.1) is 0 Å². The maximum Gasteiger partial charge on any atom is 0.274 e. The van der Waals surface area contributed by atoms with E-state index in [0.29, 0.717) is 5.69 Å². The first-order valence-electron chi connectivity index (χ1n) is 6.89. The van der Waals surface area contributed by atoms with Crippen LogP contribution in [0.1, 0.15) is 35.9 Å². The van der Waals surface area contributed by atoms with Crippen molar-refractivity contribution in [1.82, 2.24) is 14.3 Å². The number of rotatable bonds is 1. The van der Waals surface area contributed by atoms with E-state index < -0.39 is 0 Å². The van der Waals surface area contributed by atoms with Gasteiger partial charge >= 0.3 is 0 Å². The fourth-order valence-corrected chi connectivity index (χ4v) is 2.63. The topological polar surface area (TPSA) is 37.6 Å². The molecule has 0 atom stereocenters. The standard InChI is InChI=1S/C15H19N3O/c1-11-6-8-17(9-7-11)15(19)13-10-18-12(2)4-3-5-14(18)16-13/h3-5,10-11H,6-9H2,1-2H3. The van der Waals surface area contributed by atoms with E-state index in [9.17, 15) is 4.79 Å². The Kier molecular flexibility index (Phi) is 3.01. The third-order valence-electron chi connectivity index (χ3n) is 3.99. The van der Waals surface area contributed by atoms with Crippen molar-refractivity contribution in [3.8, 4) is 0 Å². The lowest BCUT2D eigenvalue weighted by molar-refractivity contribution is 0.0692. The molecular formula is C15H19N3O. The zero-order chi connectivity index (χ0) is 13.4. The van der Waals surface area contributed by atoms with E-state index in [1.807, 2.05) is 40.6 Å². The van der Waals surface area contributed by atoms with Gasteiger partial charge in [0.25, 0.3) is 5.91 Å². The maximum absolute atomic E-state index is 12.4. The molecule has 0 unspecified atom stereocenters. The number of aromatic nitrogens is 2. The van der Waals surface area contributed by atoms with Gasteiger partial charge in [0.2, 0.25) is 0 Å². The molecule has 2 aromatic rings. The van der Waals surface area contributed by atoms with Crippen LogP contribution in [0.3, 0.4) is 0 Å². The Morgan fingerprint density at radius 2 is 2.05 bits per heavy atom. The van der Waals surface area contributed by atoms with Crippen molar-refractivity contribution < 1.29 is 4.79 Å². The van der Waals surface area contributed by atoms with Gasteiger partial charge < -0.3 is 9.30 Å². The van der Waals surface area contributed by atoms with Crippen LogP contribution >= 0.6 is 0 Å². The summed E-state index contributed by atoms with van der Waals surface area (Å²) in [5, 5.41) is 0. The molecule has 4 heteroatoms. The molecule has 0 bridgehead atoms. The number of piperidine rings is 1. The molecule has 1 aliphatic heterocycles. The molecule has 19 heavy (non-hydrogen) atoms. The van der Waals surface area contributed by atoms with E-state index in [2.05, 4.69) is 11.9 Å². The fraction of sp³-hybridized carbons (Fsp3) is 0.467. The number of nitrogens with zero attached hydrogens (tertiary/aromatic N) is 3. The second-order valence-corrected chi connectivity index (χ2v) is 5.50. The van der Waals surface area contributed by atoms with Gasteiger partial charge in [0, 0.05) is 25.0 Å². The van der Waals surface area contributed by atoms with Gasteiger partial charge in [-0.15, -0.1) is 0 Å². The van der Waals surface area contributed by atoms with Gasteiger partial charge in [0.1, 0.15) is 11.3 Å². The quantitative estimate of drug-likeness (QED) is 0.787. The van der Waals surface area contributed by atoms with Crippen LogP contribution < -0.4 is 0 Å². The largest absolute Gasteiger partial charge is 0.337 e. The number of aryl methyl sites for hydroxylation is 1. The number of likely N-dealkylation sites (tertiary alicyclic amines) is 1. The van der Waals surface area contributed by atoms with Gasteiger partial charge in [-0.2, -0.15) is 0 Å². The van der Waals surface area contributed by atoms with Crippen molar-refractivity contribution in [1.29, 1.82) is 0 Å². The number of imidazole rings is 1. The van der Waals surface area contributed by atoms with Crippen molar-refractivity contribution in [2.75, 3.05) is 13.1 Å². The molecule has 3 rings (SSSR count). The van der Waals surface area contributed by atoms with Crippen LogP contribution in [0, 0.1) is 12.8 Å². The molecule has 1 amide bonds. The summed E-state index contributed by atoms with van der Waals surface area (Å²) in [6.07, 6.45) is 4.04. The number of hydrogen-bond acceptors (Lipinski definition) is 2. The molecule has 100 valence electrons. The molecule has 1 aliphatic rings. The average Bonchev–Trinajstić information content (AvgIpc) is 2.84. The van der Waals surface area contributed by atoms with Crippen molar-refractivity contribution in [3.05, 3.63) is 35.8 Å². The summed E-state index contributed by atoms with van der Waals surface area (Å²) in [6.45, 7) is 5.97. The SMILES string of the molecule is Cc1cccc2nc(C(=O)N3CCC(C)CC3)cn12. The van der Waals surface area contributed by atoms with E-state index >= 15 is 0 Å². The van der Waals surface area contributed by atoms with Crippen LogP contribution in [0.4, 0.5) is 0 Å². The van der Waals surface area contributed by atoms with Gasteiger partial charge in [-0.3, -0.25) is 4.79 Å². The summed E-state index contributed by atoms with van der Waals surface area (Å²) in [5.74, 6) is 0.794. The Bertz CT molecular complexity index is 609. The molecule has 1 fully saturated rings. The molecule has 0 aromatic carbocycles. The Hall–Kier alpha value is -1.84. The van der Waals surface area contributed by atoms with E-state index in [0.717, 1.165) is 43.2 Å². The molecule has 4 nitrogen and oxygen atoms in total. The number of hydrogen-bond donors (Lipinski definition) is 0. The zero-order valence-electron chi connectivity index (χ0n) is 11.5. The summed E-state index contributed by atoms with van der Waals surface area (Å²) >= 11 is 0. The summed E-state index contributed by atoms with van der Waals surface area (Å²) in [7, 11) is 0. The van der Waals surface area contributed by atoms with Crippen LogP contribution in [0.25, 0.3) is 5.65 Å². The number of carbonyl (C=O) groups is 1. The lowest BCUT2D eigenvalue weighted by Crippen LogP contribution is -2.38. The number of fused-ring (bicyclic) bond motifs is 1. The van der Waals surface area contributed by atoms with E-state index in [1.54, 1.807) is 0 Å². The highest BCUT2D eigenvalue weighted by atomic mass is 16.2. The van der Waals surface area contributed by atoms with Gasteiger partial charge in [-0.1, -0.05) is 13.0 Å². The third-order valence-corrected chi connectivity index (χ3v) is 3.99. The average molecular weight is 257 g/mol. The molecule has 1 saturated heterocycles. The van der Waals surface area contributed by atoms with E-state index in [1.165, 1.54) is 0 Å². The van der Waals surface area contributed by atoms with Gasteiger partial charge in [0.15, 0.2) is 0 Å². The minimum Gasteiger partial charge on any atom is -0.337 e. The van der Waals surface area contributed by atoms with Crippen LogP contribution in [0.5, 0.6) is 0 Å². The summed E-state index contributed by atoms with van der Waals surface area (Å²) in [4.78, 5) is 18.8. The third kappa shape index (κ3) is 2.23. The lowest BCUT2D eigenvalue weighted by atomic mass is 9.99. The molecule has 0 saturated carbocycles. The first-order chi connectivity index (χ1) is 9.15. The Morgan fingerprint density at radius 3 is 2.74 bits per heavy atom. The van der Waals surface area contributed by atoms with Gasteiger partial charge in [-0.05, 0) is 37.8 Å². The molecule has 3 heterocycles. The minimum absolute atomic E-state index is 0.0648. The van der Waals surface area contributed by atoms with Crippen LogP contribution in [-0.2, 0) is 0 Å². The van der Waals surface area contributed by atoms with E-state index in [4.69, 9.17) is 0 Å². The molecule has 0 spiro atoms. The lowest BCUT2D eigenvalue weighted by Gasteiger charge is -2.29. The molecule has 2 aromatic heterocycles. The predicted molar refractivity (Wildman–Crippen MR) is 74.2 cm³/mol.